The quantitative estimate of drug-likeness (QED) is 0.844. The Balaban J connectivity index is 1.89. The lowest BCUT2D eigenvalue weighted by Crippen LogP contribution is -2.42. The third kappa shape index (κ3) is 4.00. The molecule has 2 aliphatic rings. The molecule has 8 heteroatoms. The summed E-state index contributed by atoms with van der Waals surface area (Å²) in [5, 5.41) is 0. The van der Waals surface area contributed by atoms with Gasteiger partial charge < -0.3 is 4.90 Å². The van der Waals surface area contributed by atoms with Crippen LogP contribution >= 0.6 is 11.8 Å². The van der Waals surface area contributed by atoms with Crippen molar-refractivity contribution in [1.29, 1.82) is 0 Å². The van der Waals surface area contributed by atoms with Crippen molar-refractivity contribution in [3.8, 4) is 0 Å². The number of hydrogen-bond acceptors (Lipinski definition) is 5. The van der Waals surface area contributed by atoms with Gasteiger partial charge in [-0.3, -0.25) is 14.5 Å². The SMILES string of the molecule is CSCCC(N=C1NS(=O)(=O)c2ccccc21)C(=O)N1CCCCC1. The molecule has 1 fully saturated rings. The molecule has 2 aliphatic heterocycles. The fourth-order valence-corrected chi connectivity index (χ4v) is 4.88. The van der Waals surface area contributed by atoms with Crippen LogP contribution in [0.5, 0.6) is 0 Å². The number of benzene rings is 1. The van der Waals surface area contributed by atoms with E-state index in [0.717, 1.165) is 38.1 Å². The molecule has 1 amide bonds. The molecule has 1 saturated heterocycles. The normalized spacial score (nSPS) is 21.6. The molecule has 0 bridgehead atoms. The summed E-state index contributed by atoms with van der Waals surface area (Å²) in [5.74, 6) is 1.09. The lowest BCUT2D eigenvalue weighted by atomic mass is 10.1. The van der Waals surface area contributed by atoms with Crippen LogP contribution in [-0.4, -0.2) is 56.2 Å². The summed E-state index contributed by atoms with van der Waals surface area (Å²) >= 11 is 1.66. The molecule has 136 valence electrons. The maximum atomic E-state index is 12.9. The van der Waals surface area contributed by atoms with Crippen molar-refractivity contribution < 1.29 is 13.2 Å². The number of aliphatic imine (C=N–C) groups is 1. The minimum Gasteiger partial charge on any atom is -0.341 e. The fourth-order valence-electron chi connectivity index (χ4n) is 3.18. The highest BCUT2D eigenvalue weighted by Crippen LogP contribution is 2.23. The summed E-state index contributed by atoms with van der Waals surface area (Å²) in [5.41, 5.74) is 0.545. The number of sulfonamides is 1. The Bertz CT molecular complexity index is 771. The van der Waals surface area contributed by atoms with E-state index < -0.39 is 16.1 Å². The minimum absolute atomic E-state index is 0.00447. The van der Waals surface area contributed by atoms with Crippen LogP contribution in [0.15, 0.2) is 34.2 Å². The van der Waals surface area contributed by atoms with Crippen molar-refractivity contribution in [3.63, 3.8) is 0 Å². The maximum absolute atomic E-state index is 12.9. The van der Waals surface area contributed by atoms with E-state index in [2.05, 4.69) is 9.71 Å². The van der Waals surface area contributed by atoms with Crippen LogP contribution < -0.4 is 4.72 Å². The first-order valence-corrected chi connectivity index (χ1v) is 11.4. The van der Waals surface area contributed by atoms with Gasteiger partial charge >= 0.3 is 0 Å². The van der Waals surface area contributed by atoms with Crippen molar-refractivity contribution in [2.24, 2.45) is 4.99 Å². The van der Waals surface area contributed by atoms with Crippen LogP contribution in [0.25, 0.3) is 0 Å². The van der Waals surface area contributed by atoms with Crippen molar-refractivity contribution >= 4 is 33.5 Å². The molecular formula is C17H23N3O3S2. The Labute approximate surface area is 153 Å². The second-order valence-electron chi connectivity index (χ2n) is 6.26. The van der Waals surface area contributed by atoms with Crippen molar-refractivity contribution in [3.05, 3.63) is 29.8 Å². The zero-order chi connectivity index (χ0) is 17.9. The number of likely N-dealkylation sites (tertiary alicyclic amines) is 1. The van der Waals surface area contributed by atoms with Gasteiger partial charge in [0, 0.05) is 18.7 Å². The third-order valence-corrected chi connectivity index (χ3v) is 6.54. The van der Waals surface area contributed by atoms with E-state index in [1.54, 1.807) is 36.0 Å². The molecule has 2 heterocycles. The van der Waals surface area contributed by atoms with E-state index in [9.17, 15) is 13.2 Å². The molecule has 3 rings (SSSR count). The van der Waals surface area contributed by atoms with Crippen LogP contribution in [0.1, 0.15) is 31.2 Å². The van der Waals surface area contributed by atoms with E-state index in [-0.39, 0.29) is 16.6 Å². The zero-order valence-corrected chi connectivity index (χ0v) is 15.9. The minimum atomic E-state index is -3.58. The molecule has 0 radical (unpaired) electrons. The first kappa shape index (κ1) is 18.3. The number of hydrogen-bond donors (Lipinski definition) is 1. The van der Waals surface area contributed by atoms with Crippen LogP contribution in [0.4, 0.5) is 0 Å². The van der Waals surface area contributed by atoms with Gasteiger partial charge in [-0.15, -0.1) is 0 Å². The van der Waals surface area contributed by atoms with Gasteiger partial charge in [-0.2, -0.15) is 11.8 Å². The third-order valence-electron chi connectivity index (χ3n) is 4.50. The van der Waals surface area contributed by atoms with Gasteiger partial charge in [-0.25, -0.2) is 8.42 Å². The number of carbonyl (C=O) groups excluding carboxylic acids is 1. The number of carbonyl (C=O) groups is 1. The topological polar surface area (TPSA) is 78.8 Å². The molecule has 6 nitrogen and oxygen atoms in total. The molecule has 0 saturated carbocycles. The van der Waals surface area contributed by atoms with Crippen LogP contribution in [0, 0.1) is 0 Å². The van der Waals surface area contributed by atoms with Gasteiger partial charge in [0.25, 0.3) is 10.0 Å². The van der Waals surface area contributed by atoms with Crippen LogP contribution in [0.3, 0.4) is 0 Å². The first-order chi connectivity index (χ1) is 12.0. The lowest BCUT2D eigenvalue weighted by molar-refractivity contribution is -0.133. The molecule has 25 heavy (non-hydrogen) atoms. The predicted octanol–water partition coefficient (Wildman–Crippen LogP) is 1.86. The molecular weight excluding hydrogens is 358 g/mol. The molecule has 0 spiro atoms. The lowest BCUT2D eigenvalue weighted by Gasteiger charge is -2.29. The van der Waals surface area contributed by atoms with Gasteiger partial charge in [0.05, 0.1) is 4.90 Å². The average molecular weight is 382 g/mol. The van der Waals surface area contributed by atoms with E-state index in [4.69, 9.17) is 0 Å². The molecule has 0 aromatic heterocycles. The Kier molecular flexibility index (Phi) is 5.68. The zero-order valence-electron chi connectivity index (χ0n) is 14.3. The van der Waals surface area contributed by atoms with E-state index in [1.165, 1.54) is 0 Å². The monoisotopic (exact) mass is 381 g/mol. The number of thioether (sulfide) groups is 1. The summed E-state index contributed by atoms with van der Waals surface area (Å²) in [6, 6.07) is 6.20. The van der Waals surface area contributed by atoms with Crippen molar-refractivity contribution in [2.75, 3.05) is 25.1 Å². The number of rotatable bonds is 5. The van der Waals surface area contributed by atoms with Crippen molar-refractivity contribution in [2.45, 2.75) is 36.6 Å². The second kappa shape index (κ2) is 7.78. The van der Waals surface area contributed by atoms with E-state index >= 15 is 0 Å². The highest BCUT2D eigenvalue weighted by molar-refractivity contribution is 7.98. The summed E-state index contributed by atoms with van der Waals surface area (Å²) < 4.78 is 27.0. The number of amides is 1. The Morgan fingerprint density at radius 1 is 1.28 bits per heavy atom. The molecule has 1 N–H and O–H groups in total. The summed E-state index contributed by atoms with van der Waals surface area (Å²) in [6.45, 7) is 1.53. The van der Waals surface area contributed by atoms with Crippen molar-refractivity contribution in [1.82, 2.24) is 9.62 Å². The molecule has 0 aliphatic carbocycles. The molecule has 1 aromatic carbocycles. The van der Waals surface area contributed by atoms with E-state index in [0.29, 0.717) is 12.0 Å². The Morgan fingerprint density at radius 3 is 2.72 bits per heavy atom. The molecule has 1 atom stereocenters. The first-order valence-electron chi connectivity index (χ1n) is 8.50. The molecule has 1 aromatic rings. The number of fused-ring (bicyclic) bond motifs is 1. The van der Waals surface area contributed by atoms with E-state index in [1.807, 2.05) is 11.2 Å². The average Bonchev–Trinajstić information content (AvgIpc) is 2.89. The fraction of sp³-hybridized carbons (Fsp3) is 0.529. The summed E-state index contributed by atoms with van der Waals surface area (Å²) in [7, 11) is -3.58. The Morgan fingerprint density at radius 2 is 2.00 bits per heavy atom. The number of nitrogens with zero attached hydrogens (tertiary/aromatic N) is 2. The highest BCUT2D eigenvalue weighted by Gasteiger charge is 2.32. The highest BCUT2D eigenvalue weighted by atomic mass is 32.2. The summed E-state index contributed by atoms with van der Waals surface area (Å²) in [4.78, 5) is 19.5. The maximum Gasteiger partial charge on any atom is 0.263 e. The predicted molar refractivity (Wildman–Crippen MR) is 101 cm³/mol. The number of piperidine rings is 1. The van der Waals surface area contributed by atoms with Gasteiger partial charge in [0.2, 0.25) is 5.91 Å². The van der Waals surface area contributed by atoms with Crippen LogP contribution in [-0.2, 0) is 14.8 Å². The number of amidine groups is 1. The van der Waals surface area contributed by atoms with Gasteiger partial charge in [0.15, 0.2) is 0 Å². The number of nitrogens with one attached hydrogen (secondary N) is 1. The Hall–Kier alpha value is -1.54. The standard InChI is InChI=1S/C17H23N3O3S2/c1-24-12-9-14(17(21)20-10-5-2-6-11-20)18-16-13-7-3-4-8-15(13)25(22,23)19-16/h3-4,7-8,14H,2,5-6,9-12H2,1H3,(H,18,19). The van der Waals surface area contributed by atoms with Gasteiger partial charge in [-0.05, 0) is 49.8 Å². The van der Waals surface area contributed by atoms with Crippen LogP contribution in [0.2, 0.25) is 0 Å². The second-order valence-corrected chi connectivity index (χ2v) is 8.90. The summed E-state index contributed by atoms with van der Waals surface area (Å²) in [6.07, 6.45) is 5.79. The largest absolute Gasteiger partial charge is 0.341 e. The smallest absolute Gasteiger partial charge is 0.263 e. The van der Waals surface area contributed by atoms with Gasteiger partial charge in [0.1, 0.15) is 11.9 Å². The van der Waals surface area contributed by atoms with Gasteiger partial charge in [-0.1, -0.05) is 12.1 Å². The molecule has 1 unspecified atom stereocenters.